The van der Waals surface area contributed by atoms with Crippen LogP contribution in [0.15, 0.2) is 42.5 Å². The highest BCUT2D eigenvalue weighted by atomic mass is 32.2. The molecule has 7 heteroatoms. The van der Waals surface area contributed by atoms with Gasteiger partial charge in [-0.25, -0.2) is 0 Å². The molecule has 3 rings (SSSR count). The van der Waals surface area contributed by atoms with E-state index in [1.165, 1.54) is 6.07 Å². The van der Waals surface area contributed by atoms with Gasteiger partial charge in [0.2, 0.25) is 0 Å². The number of rotatable bonds is 13. The maximum atomic E-state index is 13.6. The first-order valence-corrected chi connectivity index (χ1v) is 13.4. The summed E-state index contributed by atoms with van der Waals surface area (Å²) in [5, 5.41) is 0. The summed E-state index contributed by atoms with van der Waals surface area (Å²) in [6.07, 6.45) is 0.954. The van der Waals surface area contributed by atoms with Gasteiger partial charge in [0.25, 0.3) is 0 Å². The van der Waals surface area contributed by atoms with Gasteiger partial charge in [-0.1, -0.05) is 43.3 Å². The second-order valence-electron chi connectivity index (χ2n) is 8.55. The van der Waals surface area contributed by atoms with Gasteiger partial charge in [-0.15, -0.1) is 0 Å². The van der Waals surface area contributed by atoms with Crippen LogP contribution in [0.5, 0.6) is 5.75 Å². The SMILES string of the molecule is CCC(C)OCCOCCSCCOc1cccc2c1CCCC(c1ccccc1C(F)(F)F)=C2. The van der Waals surface area contributed by atoms with Gasteiger partial charge in [-0.3, -0.25) is 0 Å². The van der Waals surface area contributed by atoms with Gasteiger partial charge in [0.15, 0.2) is 0 Å². The average Bonchev–Trinajstić information content (AvgIpc) is 3.07. The summed E-state index contributed by atoms with van der Waals surface area (Å²) in [6.45, 7) is 6.65. The lowest BCUT2D eigenvalue weighted by atomic mass is 9.95. The van der Waals surface area contributed by atoms with E-state index < -0.39 is 11.7 Å². The topological polar surface area (TPSA) is 27.7 Å². The summed E-state index contributed by atoms with van der Waals surface area (Å²) in [7, 11) is 0. The molecular weight excluding hydrogens is 473 g/mol. The highest BCUT2D eigenvalue weighted by Crippen LogP contribution is 2.39. The molecule has 2 aromatic carbocycles. The zero-order valence-electron chi connectivity index (χ0n) is 20.5. The van der Waals surface area contributed by atoms with E-state index in [1.54, 1.807) is 23.9 Å². The Morgan fingerprint density at radius 2 is 1.74 bits per heavy atom. The minimum atomic E-state index is -4.37. The second-order valence-corrected chi connectivity index (χ2v) is 9.78. The van der Waals surface area contributed by atoms with Crippen molar-refractivity contribution in [3.8, 4) is 5.75 Å². The van der Waals surface area contributed by atoms with Crippen LogP contribution in [0.25, 0.3) is 11.6 Å². The lowest BCUT2D eigenvalue weighted by molar-refractivity contribution is -0.137. The predicted molar refractivity (Wildman–Crippen MR) is 138 cm³/mol. The van der Waals surface area contributed by atoms with E-state index in [2.05, 4.69) is 13.8 Å². The fourth-order valence-corrected chi connectivity index (χ4v) is 4.66. The van der Waals surface area contributed by atoms with Crippen LogP contribution < -0.4 is 4.74 Å². The number of allylic oxidation sites excluding steroid dienone is 1. The quantitative estimate of drug-likeness (QED) is 0.262. The summed E-state index contributed by atoms with van der Waals surface area (Å²) < 4.78 is 57.9. The molecule has 0 saturated carbocycles. The molecule has 0 amide bonds. The standard InChI is InChI=1S/C28H35F3O3S/c1-3-21(2)33-15-14-32-16-18-35-19-17-34-27-13-7-9-23-20-22(8-6-11-25(23)27)24-10-4-5-12-26(24)28(29,30)31/h4-5,7,9-10,12-13,20-21H,3,6,8,11,14-19H2,1-2H3. The third-order valence-electron chi connectivity index (χ3n) is 6.01. The number of thioether (sulfide) groups is 1. The first kappa shape index (κ1) is 27.6. The average molecular weight is 509 g/mol. The van der Waals surface area contributed by atoms with E-state index in [1.807, 2.05) is 24.3 Å². The Morgan fingerprint density at radius 3 is 2.54 bits per heavy atom. The zero-order chi connectivity index (χ0) is 25.1. The van der Waals surface area contributed by atoms with E-state index in [0.717, 1.165) is 59.3 Å². The van der Waals surface area contributed by atoms with Gasteiger partial charge >= 0.3 is 6.18 Å². The van der Waals surface area contributed by atoms with Crippen LogP contribution in [0.3, 0.4) is 0 Å². The molecule has 1 aliphatic rings. The van der Waals surface area contributed by atoms with E-state index >= 15 is 0 Å². The van der Waals surface area contributed by atoms with E-state index in [4.69, 9.17) is 14.2 Å². The molecule has 1 atom stereocenters. The Hall–Kier alpha value is -1.96. The summed E-state index contributed by atoms with van der Waals surface area (Å²) >= 11 is 1.78. The maximum Gasteiger partial charge on any atom is 0.416 e. The lowest BCUT2D eigenvalue weighted by Gasteiger charge is -2.15. The molecule has 3 nitrogen and oxygen atoms in total. The molecule has 0 fully saturated rings. The molecule has 0 aromatic heterocycles. The van der Waals surface area contributed by atoms with Crippen molar-refractivity contribution in [3.63, 3.8) is 0 Å². The molecule has 0 N–H and O–H groups in total. The molecule has 0 bridgehead atoms. The summed E-state index contributed by atoms with van der Waals surface area (Å²) in [5.74, 6) is 2.56. The Bertz CT molecular complexity index is 959. The second kappa shape index (κ2) is 14.0. The van der Waals surface area contributed by atoms with Gasteiger partial charge < -0.3 is 14.2 Å². The molecule has 0 spiro atoms. The van der Waals surface area contributed by atoms with Crippen molar-refractivity contribution in [2.75, 3.05) is 37.9 Å². The molecular formula is C28H35F3O3S. The summed E-state index contributed by atoms with van der Waals surface area (Å²) in [4.78, 5) is 0. The van der Waals surface area contributed by atoms with Crippen molar-refractivity contribution in [1.29, 1.82) is 0 Å². The molecule has 0 heterocycles. The number of ether oxygens (including phenoxy) is 3. The van der Waals surface area contributed by atoms with Gasteiger partial charge in [0.1, 0.15) is 5.75 Å². The number of benzene rings is 2. The summed E-state index contributed by atoms with van der Waals surface area (Å²) in [5.41, 5.74) is 2.42. The number of fused-ring (bicyclic) bond motifs is 1. The fourth-order valence-electron chi connectivity index (χ4n) is 4.02. The highest BCUT2D eigenvalue weighted by molar-refractivity contribution is 7.99. The van der Waals surface area contributed by atoms with E-state index in [-0.39, 0.29) is 11.7 Å². The predicted octanol–water partition coefficient (Wildman–Crippen LogP) is 7.53. The Labute approximate surface area is 211 Å². The number of halogens is 3. The van der Waals surface area contributed by atoms with Crippen molar-refractivity contribution < 1.29 is 27.4 Å². The van der Waals surface area contributed by atoms with E-state index in [9.17, 15) is 13.2 Å². The van der Waals surface area contributed by atoms with Crippen molar-refractivity contribution in [3.05, 3.63) is 64.7 Å². The zero-order valence-corrected chi connectivity index (χ0v) is 21.4. The minimum Gasteiger partial charge on any atom is -0.492 e. The van der Waals surface area contributed by atoms with Gasteiger partial charge in [0, 0.05) is 17.1 Å². The van der Waals surface area contributed by atoms with Crippen LogP contribution in [0.2, 0.25) is 0 Å². The molecule has 0 saturated heterocycles. The minimum absolute atomic E-state index is 0.268. The van der Waals surface area contributed by atoms with Crippen molar-refractivity contribution in [2.45, 2.75) is 51.8 Å². The third kappa shape index (κ3) is 8.58. The van der Waals surface area contributed by atoms with Gasteiger partial charge in [-0.05, 0) is 61.4 Å². The Balaban J connectivity index is 1.51. The lowest BCUT2D eigenvalue weighted by Crippen LogP contribution is -2.13. The molecule has 0 radical (unpaired) electrons. The number of alkyl halides is 3. The normalized spacial score (nSPS) is 14.7. The molecule has 1 unspecified atom stereocenters. The van der Waals surface area contributed by atoms with Gasteiger partial charge in [0.05, 0.1) is 38.1 Å². The van der Waals surface area contributed by atoms with Gasteiger partial charge in [-0.2, -0.15) is 24.9 Å². The molecule has 1 aliphatic carbocycles. The Morgan fingerprint density at radius 1 is 0.943 bits per heavy atom. The van der Waals surface area contributed by atoms with Crippen LogP contribution in [-0.2, 0) is 22.1 Å². The fraction of sp³-hybridized carbons (Fsp3) is 0.500. The van der Waals surface area contributed by atoms with Crippen molar-refractivity contribution in [1.82, 2.24) is 0 Å². The third-order valence-corrected chi connectivity index (χ3v) is 6.92. The van der Waals surface area contributed by atoms with Crippen molar-refractivity contribution in [2.24, 2.45) is 0 Å². The first-order chi connectivity index (χ1) is 16.9. The monoisotopic (exact) mass is 508 g/mol. The highest BCUT2D eigenvalue weighted by Gasteiger charge is 2.33. The largest absolute Gasteiger partial charge is 0.492 e. The van der Waals surface area contributed by atoms with Crippen LogP contribution in [-0.4, -0.2) is 44.0 Å². The van der Waals surface area contributed by atoms with Crippen LogP contribution in [0, 0.1) is 0 Å². The maximum absolute atomic E-state index is 13.6. The number of hydrogen-bond acceptors (Lipinski definition) is 4. The number of hydrogen-bond donors (Lipinski definition) is 0. The molecule has 0 aliphatic heterocycles. The van der Waals surface area contributed by atoms with Crippen LogP contribution >= 0.6 is 11.8 Å². The summed E-state index contributed by atoms with van der Waals surface area (Å²) in [6, 6.07) is 11.7. The first-order valence-electron chi connectivity index (χ1n) is 12.3. The van der Waals surface area contributed by atoms with Crippen LogP contribution in [0.1, 0.15) is 55.4 Å². The Kier molecular flexibility index (Phi) is 11.0. The molecule has 2 aromatic rings. The molecule has 192 valence electrons. The van der Waals surface area contributed by atoms with E-state index in [0.29, 0.717) is 32.8 Å². The molecule has 35 heavy (non-hydrogen) atoms. The van der Waals surface area contributed by atoms with Crippen molar-refractivity contribution >= 4 is 23.4 Å². The smallest absolute Gasteiger partial charge is 0.416 e. The van der Waals surface area contributed by atoms with Crippen LogP contribution in [0.4, 0.5) is 13.2 Å².